The summed E-state index contributed by atoms with van der Waals surface area (Å²) in [4.78, 5) is 0. The van der Waals surface area contributed by atoms with Crippen molar-refractivity contribution in [3.8, 4) is 0 Å². The van der Waals surface area contributed by atoms with Gasteiger partial charge in [0.15, 0.2) is 0 Å². The molecule has 1 aliphatic rings. The maximum Gasteiger partial charge on any atom is 0.136 e. The summed E-state index contributed by atoms with van der Waals surface area (Å²) in [7, 11) is 0. The molecule has 17 heavy (non-hydrogen) atoms. The van der Waals surface area contributed by atoms with E-state index in [4.69, 9.17) is 5.73 Å². The van der Waals surface area contributed by atoms with Crippen LogP contribution in [0, 0.1) is 18.3 Å². The molecule has 2 N–H and O–H groups in total. The Morgan fingerprint density at radius 2 is 2.06 bits per heavy atom. The van der Waals surface area contributed by atoms with Crippen LogP contribution in [-0.2, 0) is 0 Å². The van der Waals surface area contributed by atoms with E-state index in [9.17, 15) is 0 Å². The number of nitrogen functional groups attached to an aromatic ring is 1. The Morgan fingerprint density at radius 3 is 2.53 bits per heavy atom. The van der Waals surface area contributed by atoms with Crippen LogP contribution < -0.4 is 5.73 Å². The van der Waals surface area contributed by atoms with E-state index in [0.29, 0.717) is 11.5 Å². The molecule has 0 aliphatic heterocycles. The van der Waals surface area contributed by atoms with Crippen LogP contribution >= 0.6 is 15.9 Å². The van der Waals surface area contributed by atoms with Crippen LogP contribution in [0.4, 0.5) is 5.82 Å². The normalized spacial score (nSPS) is 28.3. The summed E-state index contributed by atoms with van der Waals surface area (Å²) < 4.78 is 2.98. The zero-order chi connectivity index (χ0) is 12.8. The Kier molecular flexibility index (Phi) is 3.27. The Balaban J connectivity index is 2.30. The van der Waals surface area contributed by atoms with Crippen LogP contribution in [0.3, 0.4) is 0 Å². The molecule has 1 fully saturated rings. The van der Waals surface area contributed by atoms with Gasteiger partial charge in [0.05, 0.1) is 16.2 Å². The number of aryl methyl sites for hydroxylation is 1. The number of halogens is 1. The number of hydrogen-bond donors (Lipinski definition) is 1. The van der Waals surface area contributed by atoms with Crippen molar-refractivity contribution in [3.63, 3.8) is 0 Å². The standard InChI is InChI=1S/C13H22BrN3/c1-8-5-10(7-13(3,4)6-8)17-12(15)11(14)9(2)16-17/h8,10H,5-7,15H2,1-4H3. The van der Waals surface area contributed by atoms with Gasteiger partial charge in [0.1, 0.15) is 5.82 Å². The van der Waals surface area contributed by atoms with Crippen molar-refractivity contribution in [2.45, 2.75) is 53.0 Å². The molecule has 96 valence electrons. The monoisotopic (exact) mass is 299 g/mol. The second-order valence-electron chi connectivity index (χ2n) is 6.30. The first-order valence-electron chi connectivity index (χ1n) is 6.30. The number of rotatable bonds is 1. The van der Waals surface area contributed by atoms with Crippen molar-refractivity contribution >= 4 is 21.7 Å². The van der Waals surface area contributed by atoms with Gasteiger partial charge in [-0.15, -0.1) is 0 Å². The highest BCUT2D eigenvalue weighted by atomic mass is 79.9. The second-order valence-corrected chi connectivity index (χ2v) is 7.09. The summed E-state index contributed by atoms with van der Waals surface area (Å²) in [6, 6.07) is 0.443. The number of anilines is 1. The molecule has 0 aromatic carbocycles. The maximum atomic E-state index is 6.12. The molecule has 2 rings (SSSR count). The van der Waals surface area contributed by atoms with Crippen LogP contribution in [0.25, 0.3) is 0 Å². The average Bonchev–Trinajstić information content (AvgIpc) is 2.43. The van der Waals surface area contributed by atoms with Gasteiger partial charge in [-0.25, -0.2) is 4.68 Å². The number of aromatic nitrogens is 2. The van der Waals surface area contributed by atoms with Gasteiger partial charge in [0.2, 0.25) is 0 Å². The van der Waals surface area contributed by atoms with Gasteiger partial charge < -0.3 is 5.73 Å². The van der Waals surface area contributed by atoms with E-state index in [1.54, 1.807) is 0 Å². The number of nitrogens with zero attached hydrogens (tertiary/aromatic N) is 2. The van der Waals surface area contributed by atoms with Gasteiger partial charge in [-0.05, 0) is 53.4 Å². The number of nitrogens with two attached hydrogens (primary N) is 1. The summed E-state index contributed by atoms with van der Waals surface area (Å²) in [5, 5.41) is 4.58. The minimum Gasteiger partial charge on any atom is -0.383 e. The molecule has 0 bridgehead atoms. The van der Waals surface area contributed by atoms with E-state index >= 15 is 0 Å². The van der Waals surface area contributed by atoms with Crippen molar-refractivity contribution in [1.82, 2.24) is 9.78 Å². The summed E-state index contributed by atoms with van der Waals surface area (Å²) in [6.07, 6.45) is 3.64. The fourth-order valence-electron chi connectivity index (χ4n) is 3.31. The minimum atomic E-state index is 0.390. The molecule has 0 radical (unpaired) electrons. The number of hydrogen-bond acceptors (Lipinski definition) is 2. The lowest BCUT2D eigenvalue weighted by Crippen LogP contribution is -2.30. The molecular formula is C13H22BrN3. The van der Waals surface area contributed by atoms with E-state index < -0.39 is 0 Å². The summed E-state index contributed by atoms with van der Waals surface area (Å²) in [5.74, 6) is 1.52. The predicted molar refractivity (Wildman–Crippen MR) is 74.9 cm³/mol. The van der Waals surface area contributed by atoms with Crippen molar-refractivity contribution in [2.24, 2.45) is 11.3 Å². The molecule has 1 aliphatic carbocycles. The molecule has 1 saturated carbocycles. The summed E-state index contributed by atoms with van der Waals surface area (Å²) >= 11 is 3.50. The van der Waals surface area contributed by atoms with Crippen molar-refractivity contribution < 1.29 is 0 Å². The Hall–Kier alpha value is -0.510. The highest BCUT2D eigenvalue weighted by Crippen LogP contribution is 2.44. The molecular weight excluding hydrogens is 278 g/mol. The first-order chi connectivity index (χ1) is 7.80. The maximum absolute atomic E-state index is 6.12. The fourth-order valence-corrected chi connectivity index (χ4v) is 3.57. The molecule has 1 aromatic heterocycles. The van der Waals surface area contributed by atoms with Crippen LogP contribution in [0.5, 0.6) is 0 Å². The van der Waals surface area contributed by atoms with Gasteiger partial charge >= 0.3 is 0 Å². The van der Waals surface area contributed by atoms with Crippen molar-refractivity contribution in [1.29, 1.82) is 0 Å². The Bertz CT molecular complexity index is 423. The zero-order valence-electron chi connectivity index (χ0n) is 11.1. The smallest absolute Gasteiger partial charge is 0.136 e. The van der Waals surface area contributed by atoms with Crippen LogP contribution in [0.1, 0.15) is 51.8 Å². The van der Waals surface area contributed by atoms with Gasteiger partial charge in [0, 0.05) is 0 Å². The molecule has 0 saturated heterocycles. The molecule has 3 nitrogen and oxygen atoms in total. The molecule has 1 aromatic rings. The first-order valence-corrected chi connectivity index (χ1v) is 7.09. The summed E-state index contributed by atoms with van der Waals surface area (Å²) in [6.45, 7) is 9.01. The molecule has 4 heteroatoms. The minimum absolute atomic E-state index is 0.390. The molecule has 1 heterocycles. The lowest BCUT2D eigenvalue weighted by molar-refractivity contribution is 0.131. The van der Waals surface area contributed by atoms with Crippen LogP contribution in [0.15, 0.2) is 4.47 Å². The molecule has 0 amide bonds. The van der Waals surface area contributed by atoms with Gasteiger partial charge in [-0.3, -0.25) is 0 Å². The third kappa shape index (κ3) is 2.51. The lowest BCUT2D eigenvalue weighted by Gasteiger charge is -2.39. The van der Waals surface area contributed by atoms with E-state index in [-0.39, 0.29) is 0 Å². The van der Waals surface area contributed by atoms with Crippen molar-refractivity contribution in [2.75, 3.05) is 5.73 Å². The highest BCUT2D eigenvalue weighted by molar-refractivity contribution is 9.10. The highest BCUT2D eigenvalue weighted by Gasteiger charge is 2.34. The third-order valence-electron chi connectivity index (χ3n) is 3.76. The third-order valence-corrected chi connectivity index (χ3v) is 4.74. The fraction of sp³-hybridized carbons (Fsp3) is 0.769. The lowest BCUT2D eigenvalue weighted by atomic mass is 9.70. The largest absolute Gasteiger partial charge is 0.383 e. The van der Waals surface area contributed by atoms with Gasteiger partial charge in [-0.2, -0.15) is 5.10 Å². The Morgan fingerprint density at radius 1 is 1.41 bits per heavy atom. The quantitative estimate of drug-likeness (QED) is 0.854. The van der Waals surface area contributed by atoms with Gasteiger partial charge in [-0.1, -0.05) is 20.8 Å². The molecule has 0 spiro atoms. The summed E-state index contributed by atoms with van der Waals surface area (Å²) in [5.41, 5.74) is 7.50. The SMILES string of the molecule is Cc1nn(C2CC(C)CC(C)(C)C2)c(N)c1Br. The van der Waals surface area contributed by atoms with Crippen LogP contribution in [-0.4, -0.2) is 9.78 Å². The second kappa shape index (κ2) is 4.30. The van der Waals surface area contributed by atoms with E-state index in [1.807, 2.05) is 11.6 Å². The topological polar surface area (TPSA) is 43.8 Å². The molecule has 2 unspecified atom stereocenters. The molecule has 2 atom stereocenters. The van der Waals surface area contributed by atoms with Gasteiger partial charge in [0.25, 0.3) is 0 Å². The zero-order valence-corrected chi connectivity index (χ0v) is 12.7. The average molecular weight is 300 g/mol. The van der Waals surface area contributed by atoms with E-state index in [0.717, 1.165) is 28.3 Å². The predicted octanol–water partition coefficient (Wildman–Crippen LogP) is 3.92. The van der Waals surface area contributed by atoms with Crippen molar-refractivity contribution in [3.05, 3.63) is 10.2 Å². The first kappa shape index (κ1) is 12.9. The Labute approximate surface area is 112 Å². The van der Waals surface area contributed by atoms with E-state index in [1.165, 1.54) is 12.8 Å². The van der Waals surface area contributed by atoms with E-state index in [2.05, 4.69) is 41.8 Å². The van der Waals surface area contributed by atoms with Crippen LogP contribution in [0.2, 0.25) is 0 Å².